The summed E-state index contributed by atoms with van der Waals surface area (Å²) in [6.07, 6.45) is 1.64. The summed E-state index contributed by atoms with van der Waals surface area (Å²) in [6.45, 7) is 4.00. The molecular formula is C25H20FN5O2S. The highest BCUT2D eigenvalue weighted by atomic mass is 32.2. The maximum atomic E-state index is 13.8. The lowest BCUT2D eigenvalue weighted by molar-refractivity contribution is -0.114. The van der Waals surface area contributed by atoms with Crippen LogP contribution in [0.1, 0.15) is 17.0 Å². The molecule has 1 N–H and O–H groups in total. The topological polar surface area (TPSA) is 83.0 Å². The summed E-state index contributed by atoms with van der Waals surface area (Å²) in [4.78, 5) is 16.9. The number of hydrogen-bond donors (Lipinski definition) is 1. The van der Waals surface area contributed by atoms with Gasteiger partial charge in [0, 0.05) is 17.1 Å². The van der Waals surface area contributed by atoms with E-state index in [1.165, 1.54) is 28.9 Å². The molecular weight excluding hydrogens is 453 g/mol. The number of rotatable bonds is 5. The number of nitrogens with one attached hydrogen (secondary N) is 1. The second-order valence-corrected chi connectivity index (χ2v) is 8.80. The van der Waals surface area contributed by atoms with E-state index in [0.717, 1.165) is 17.0 Å². The highest BCUT2D eigenvalue weighted by Gasteiger charge is 2.36. The van der Waals surface area contributed by atoms with Gasteiger partial charge in [0.15, 0.2) is 5.84 Å². The monoisotopic (exact) mass is 473 g/mol. The third-order valence-electron chi connectivity index (χ3n) is 5.44. The van der Waals surface area contributed by atoms with E-state index in [2.05, 4.69) is 10.1 Å². The summed E-state index contributed by atoms with van der Waals surface area (Å²) in [6, 6.07) is 17.6. The Morgan fingerprint density at radius 2 is 1.91 bits per heavy atom. The Hall–Kier alpha value is -3.98. The van der Waals surface area contributed by atoms with Crippen molar-refractivity contribution in [1.29, 1.82) is 5.41 Å². The first-order chi connectivity index (χ1) is 16.4. The van der Waals surface area contributed by atoms with Crippen LogP contribution in [0.5, 0.6) is 5.75 Å². The number of aryl methyl sites for hydroxylation is 1. The number of carbonyl (C=O) groups excluding carboxylic acids is 1. The molecule has 0 saturated heterocycles. The van der Waals surface area contributed by atoms with E-state index in [9.17, 15) is 9.18 Å². The quantitative estimate of drug-likeness (QED) is 0.533. The summed E-state index contributed by atoms with van der Waals surface area (Å²) in [7, 11) is 0. The Balaban J connectivity index is 1.41. The summed E-state index contributed by atoms with van der Waals surface area (Å²) in [5, 5.41) is 15.3. The number of halogens is 1. The van der Waals surface area contributed by atoms with E-state index >= 15 is 0 Å². The van der Waals surface area contributed by atoms with Gasteiger partial charge in [-0.1, -0.05) is 24.3 Å². The first kappa shape index (κ1) is 21.8. The van der Waals surface area contributed by atoms with Crippen molar-refractivity contribution in [2.24, 2.45) is 10.1 Å². The van der Waals surface area contributed by atoms with Crippen molar-refractivity contribution in [2.75, 3.05) is 6.61 Å². The number of nitrogens with zero attached hydrogens (tertiary/aromatic N) is 4. The minimum Gasteiger partial charge on any atom is -0.487 e. The van der Waals surface area contributed by atoms with E-state index in [-0.39, 0.29) is 23.8 Å². The lowest BCUT2D eigenvalue weighted by atomic mass is 10.1. The predicted octanol–water partition coefficient (Wildman–Crippen LogP) is 4.93. The minimum atomic E-state index is -0.500. The Bertz CT molecular complexity index is 1410. The molecule has 0 unspecified atom stereocenters. The highest BCUT2D eigenvalue weighted by molar-refractivity contribution is 8.27. The third-order valence-corrected chi connectivity index (χ3v) is 6.32. The number of ether oxygens (including phenoxy) is 1. The fourth-order valence-corrected chi connectivity index (χ4v) is 4.65. The summed E-state index contributed by atoms with van der Waals surface area (Å²) in [5.74, 6) is -0.169. The normalized spacial score (nSPS) is 16.6. The zero-order valence-electron chi connectivity index (χ0n) is 18.4. The molecule has 1 aromatic heterocycles. The van der Waals surface area contributed by atoms with Gasteiger partial charge in [0.1, 0.15) is 23.2 Å². The molecule has 0 fully saturated rings. The van der Waals surface area contributed by atoms with E-state index in [0.29, 0.717) is 21.6 Å². The molecule has 9 heteroatoms. The van der Waals surface area contributed by atoms with Crippen LogP contribution in [-0.2, 0) is 4.79 Å². The number of hydrogen-bond acceptors (Lipinski definition) is 5. The average molecular weight is 474 g/mol. The lowest BCUT2D eigenvalue weighted by Crippen LogP contribution is -2.35. The van der Waals surface area contributed by atoms with E-state index in [1.807, 2.05) is 60.9 Å². The van der Waals surface area contributed by atoms with Crippen LogP contribution in [0.25, 0.3) is 11.8 Å². The Morgan fingerprint density at radius 3 is 2.68 bits per heavy atom. The number of para-hydroxylation sites is 1. The number of carbonyl (C=O) groups is 1. The smallest absolute Gasteiger partial charge is 0.283 e. The Kier molecular flexibility index (Phi) is 5.62. The Morgan fingerprint density at radius 1 is 1.12 bits per heavy atom. The van der Waals surface area contributed by atoms with Gasteiger partial charge in [-0.2, -0.15) is 15.1 Å². The van der Waals surface area contributed by atoms with E-state index < -0.39 is 5.91 Å². The molecule has 34 heavy (non-hydrogen) atoms. The molecule has 2 aliphatic heterocycles. The van der Waals surface area contributed by atoms with Gasteiger partial charge in [-0.15, -0.1) is 0 Å². The molecule has 3 aromatic rings. The minimum absolute atomic E-state index is 0.0484. The molecule has 0 atom stereocenters. The van der Waals surface area contributed by atoms with Crippen molar-refractivity contribution in [3.63, 3.8) is 0 Å². The summed E-state index contributed by atoms with van der Waals surface area (Å²) in [5.41, 5.74) is 3.27. The molecule has 5 rings (SSSR count). The van der Waals surface area contributed by atoms with Crippen molar-refractivity contribution < 1.29 is 13.9 Å². The molecule has 0 saturated carbocycles. The van der Waals surface area contributed by atoms with Crippen LogP contribution in [0, 0.1) is 25.1 Å². The van der Waals surface area contributed by atoms with Gasteiger partial charge < -0.3 is 9.30 Å². The molecule has 0 bridgehead atoms. The fourth-order valence-electron chi connectivity index (χ4n) is 3.85. The zero-order valence-corrected chi connectivity index (χ0v) is 19.3. The largest absolute Gasteiger partial charge is 0.487 e. The van der Waals surface area contributed by atoms with Crippen LogP contribution in [-0.4, -0.2) is 38.1 Å². The van der Waals surface area contributed by atoms with E-state index in [4.69, 9.17) is 10.1 Å². The maximum absolute atomic E-state index is 13.8. The van der Waals surface area contributed by atoms with Crippen LogP contribution in [0.15, 0.2) is 76.3 Å². The zero-order chi connectivity index (χ0) is 23.8. The summed E-state index contributed by atoms with van der Waals surface area (Å²) < 4.78 is 21.4. The Labute approximate surface area is 199 Å². The number of benzene rings is 2. The number of hydrazone groups is 1. The van der Waals surface area contributed by atoms with Gasteiger partial charge in [-0.3, -0.25) is 10.2 Å². The second kappa shape index (κ2) is 8.75. The SMILES string of the molecule is Cc1cc(/C=C2/C(=N)N3N=C(COc4ccccc4)SC3=NC2=O)c(C)n1-c1cccc(F)c1. The number of fused-ring (bicyclic) bond motifs is 1. The molecule has 2 aromatic carbocycles. The number of thioether (sulfide) groups is 1. The lowest BCUT2D eigenvalue weighted by Gasteiger charge is -2.20. The van der Waals surface area contributed by atoms with Crippen LogP contribution in [0.3, 0.4) is 0 Å². The molecule has 2 aliphatic rings. The van der Waals surface area contributed by atoms with Crippen molar-refractivity contribution in [1.82, 2.24) is 9.58 Å². The number of aromatic nitrogens is 1. The van der Waals surface area contributed by atoms with Crippen LogP contribution < -0.4 is 4.74 Å². The van der Waals surface area contributed by atoms with Crippen molar-refractivity contribution in [3.05, 3.63) is 89.0 Å². The van der Waals surface area contributed by atoms with Gasteiger partial charge >= 0.3 is 0 Å². The first-order valence-corrected chi connectivity index (χ1v) is 11.3. The molecule has 7 nitrogen and oxygen atoms in total. The summed E-state index contributed by atoms with van der Waals surface area (Å²) >= 11 is 1.21. The van der Waals surface area contributed by atoms with Crippen molar-refractivity contribution in [2.45, 2.75) is 13.8 Å². The van der Waals surface area contributed by atoms with Gasteiger partial charge in [-0.05, 0) is 73.6 Å². The van der Waals surface area contributed by atoms with Gasteiger partial charge in [0.25, 0.3) is 5.91 Å². The standard InChI is InChI=1S/C25H20FN5O2S/c1-15-11-17(16(2)30(15)19-8-6-7-18(26)13-19)12-21-23(27)31-25(28-24(21)32)34-22(29-31)14-33-20-9-4-3-5-10-20/h3-13,27H,14H2,1-2H3/b21-12-,27-23?. The van der Waals surface area contributed by atoms with Crippen molar-refractivity contribution >= 4 is 39.8 Å². The fraction of sp³-hybridized carbons (Fsp3) is 0.120. The highest BCUT2D eigenvalue weighted by Crippen LogP contribution is 2.30. The van der Waals surface area contributed by atoms with Crippen molar-refractivity contribution in [3.8, 4) is 11.4 Å². The second-order valence-electron chi connectivity index (χ2n) is 7.76. The molecule has 170 valence electrons. The maximum Gasteiger partial charge on any atom is 0.283 e. The number of amidine groups is 2. The molecule has 0 spiro atoms. The van der Waals surface area contributed by atoms with Gasteiger partial charge in [-0.25, -0.2) is 4.39 Å². The van der Waals surface area contributed by atoms with Gasteiger partial charge in [0.2, 0.25) is 5.17 Å². The predicted molar refractivity (Wildman–Crippen MR) is 132 cm³/mol. The molecule has 0 radical (unpaired) electrons. The number of aliphatic imine (C=N–C) groups is 1. The van der Waals surface area contributed by atoms with Gasteiger partial charge in [0.05, 0.1) is 5.57 Å². The first-order valence-electron chi connectivity index (χ1n) is 10.5. The van der Waals surface area contributed by atoms with E-state index in [1.54, 1.807) is 12.1 Å². The molecule has 0 aliphatic carbocycles. The number of amides is 1. The van der Waals surface area contributed by atoms with Crippen LogP contribution >= 0.6 is 11.8 Å². The average Bonchev–Trinajstić information content (AvgIpc) is 3.35. The van der Waals surface area contributed by atoms with Crippen LogP contribution in [0.2, 0.25) is 0 Å². The molecule has 3 heterocycles. The molecule has 1 amide bonds. The van der Waals surface area contributed by atoms with Crippen LogP contribution in [0.4, 0.5) is 4.39 Å². The third kappa shape index (κ3) is 4.06.